The first-order valence-electron chi connectivity index (χ1n) is 6.83. The molecule has 0 fully saturated rings. The lowest BCUT2D eigenvalue weighted by atomic mass is 10.1. The van der Waals surface area contributed by atoms with Gasteiger partial charge in [0, 0.05) is 17.6 Å². The number of anilines is 1. The number of hydrogen-bond donors (Lipinski definition) is 3. The second-order valence-corrected chi connectivity index (χ2v) is 6.04. The summed E-state index contributed by atoms with van der Waals surface area (Å²) in [4.78, 5) is 17.1. The lowest BCUT2D eigenvalue weighted by Gasteiger charge is -2.06. The molecule has 0 aliphatic rings. The summed E-state index contributed by atoms with van der Waals surface area (Å²) >= 11 is 1.48. The molecule has 0 aliphatic carbocycles. The Morgan fingerprint density at radius 3 is 2.81 bits per heavy atom. The van der Waals surface area contributed by atoms with Crippen molar-refractivity contribution in [1.29, 1.82) is 0 Å². The molecule has 0 aliphatic heterocycles. The highest BCUT2D eigenvalue weighted by Crippen LogP contribution is 2.24. The van der Waals surface area contributed by atoms with Crippen LogP contribution in [0.25, 0.3) is 0 Å². The molecule has 0 atom stereocenters. The summed E-state index contributed by atoms with van der Waals surface area (Å²) < 4.78 is 0. The molecule has 0 saturated carbocycles. The predicted octanol–water partition coefficient (Wildman–Crippen LogP) is 3.34. The van der Waals surface area contributed by atoms with Gasteiger partial charge in [-0.1, -0.05) is 32.0 Å². The van der Waals surface area contributed by atoms with Crippen molar-refractivity contribution in [2.24, 2.45) is 0 Å². The Morgan fingerprint density at radius 2 is 2.14 bits per heavy atom. The Labute approximate surface area is 128 Å². The lowest BCUT2D eigenvalue weighted by molar-refractivity contribution is 0.252. The Bertz CT molecular complexity index is 610. The summed E-state index contributed by atoms with van der Waals surface area (Å²) in [7, 11) is 0. The van der Waals surface area contributed by atoms with Gasteiger partial charge < -0.3 is 10.4 Å². The largest absolute Gasteiger partial charge is 0.508 e. The average molecular weight is 305 g/mol. The number of aromatic nitrogens is 1. The first-order chi connectivity index (χ1) is 10.1. The maximum atomic E-state index is 11.7. The average Bonchev–Trinajstić information content (AvgIpc) is 2.89. The van der Waals surface area contributed by atoms with Gasteiger partial charge in [-0.05, 0) is 24.0 Å². The van der Waals surface area contributed by atoms with E-state index in [-0.39, 0.29) is 11.8 Å². The van der Waals surface area contributed by atoms with Gasteiger partial charge in [-0.3, -0.25) is 5.32 Å². The third kappa shape index (κ3) is 4.46. The number of nitrogens with zero attached hydrogens (tertiary/aromatic N) is 1. The molecule has 2 amide bonds. The maximum Gasteiger partial charge on any atom is 0.321 e. The van der Waals surface area contributed by atoms with Crippen molar-refractivity contribution in [2.75, 3.05) is 11.9 Å². The van der Waals surface area contributed by atoms with E-state index in [4.69, 9.17) is 0 Å². The number of urea groups is 1. The molecule has 1 aromatic heterocycles. The topological polar surface area (TPSA) is 74.2 Å². The van der Waals surface area contributed by atoms with Crippen molar-refractivity contribution in [2.45, 2.75) is 26.2 Å². The zero-order valence-electron chi connectivity index (χ0n) is 12.1. The first-order valence-corrected chi connectivity index (χ1v) is 7.65. The minimum absolute atomic E-state index is 0.251. The quantitative estimate of drug-likeness (QED) is 0.793. The van der Waals surface area contributed by atoms with E-state index in [1.165, 1.54) is 11.3 Å². The highest BCUT2D eigenvalue weighted by molar-refractivity contribution is 7.15. The number of rotatable bonds is 5. The third-order valence-corrected chi connectivity index (χ3v) is 4.20. The van der Waals surface area contributed by atoms with Crippen LogP contribution in [0, 0.1) is 0 Å². The number of nitrogens with one attached hydrogen (secondary N) is 2. The maximum absolute atomic E-state index is 11.7. The molecule has 0 saturated heterocycles. The molecule has 0 unspecified atom stereocenters. The van der Waals surface area contributed by atoms with E-state index in [1.54, 1.807) is 18.3 Å². The van der Waals surface area contributed by atoms with Gasteiger partial charge in [-0.2, -0.15) is 0 Å². The minimum atomic E-state index is -0.282. The summed E-state index contributed by atoms with van der Waals surface area (Å²) in [5.74, 6) is 0.656. The molecule has 0 spiro atoms. The van der Waals surface area contributed by atoms with Crippen molar-refractivity contribution in [3.63, 3.8) is 0 Å². The van der Waals surface area contributed by atoms with Crippen molar-refractivity contribution in [1.82, 2.24) is 10.3 Å². The van der Waals surface area contributed by atoms with E-state index in [9.17, 15) is 9.90 Å². The molecule has 2 aromatic rings. The van der Waals surface area contributed by atoms with Crippen LogP contribution in [0.4, 0.5) is 9.93 Å². The lowest BCUT2D eigenvalue weighted by Crippen LogP contribution is -2.30. The van der Waals surface area contributed by atoms with Crippen LogP contribution in [-0.4, -0.2) is 22.7 Å². The molecule has 6 heteroatoms. The highest BCUT2D eigenvalue weighted by Gasteiger charge is 2.08. The molecular weight excluding hydrogens is 286 g/mol. The minimum Gasteiger partial charge on any atom is -0.508 e. The third-order valence-electron chi connectivity index (χ3n) is 2.98. The molecule has 112 valence electrons. The van der Waals surface area contributed by atoms with Gasteiger partial charge in [-0.15, -0.1) is 11.3 Å². The number of benzene rings is 1. The van der Waals surface area contributed by atoms with E-state index in [1.807, 2.05) is 12.1 Å². The number of carbonyl (C=O) groups excluding carboxylic acids is 1. The number of carbonyl (C=O) groups is 1. The van der Waals surface area contributed by atoms with Crippen LogP contribution in [0.2, 0.25) is 0 Å². The van der Waals surface area contributed by atoms with Crippen LogP contribution >= 0.6 is 11.3 Å². The fourth-order valence-corrected chi connectivity index (χ4v) is 2.60. The summed E-state index contributed by atoms with van der Waals surface area (Å²) in [5, 5.41) is 15.7. The predicted molar refractivity (Wildman–Crippen MR) is 85.0 cm³/mol. The van der Waals surface area contributed by atoms with E-state index < -0.39 is 0 Å². The zero-order chi connectivity index (χ0) is 15.2. The van der Waals surface area contributed by atoms with Gasteiger partial charge in [0.25, 0.3) is 0 Å². The Balaban J connectivity index is 1.78. The van der Waals surface area contributed by atoms with E-state index in [0.717, 1.165) is 10.4 Å². The van der Waals surface area contributed by atoms with Gasteiger partial charge in [0.15, 0.2) is 5.13 Å². The number of phenols is 1. The van der Waals surface area contributed by atoms with Crippen molar-refractivity contribution >= 4 is 22.5 Å². The molecule has 2 rings (SSSR count). The smallest absolute Gasteiger partial charge is 0.321 e. The summed E-state index contributed by atoms with van der Waals surface area (Å²) in [6.45, 7) is 4.62. The van der Waals surface area contributed by atoms with Gasteiger partial charge in [0.1, 0.15) is 5.75 Å². The van der Waals surface area contributed by atoms with Gasteiger partial charge in [0.2, 0.25) is 0 Å². The molecule has 1 heterocycles. The molecule has 3 N–H and O–H groups in total. The number of thiazole rings is 1. The molecule has 1 aromatic carbocycles. The highest BCUT2D eigenvalue weighted by atomic mass is 32.1. The second-order valence-electron chi connectivity index (χ2n) is 4.98. The number of phenolic OH excluding ortho intramolecular Hbond substituents is 1. The summed E-state index contributed by atoms with van der Waals surface area (Å²) in [6.07, 6.45) is 2.36. The molecule has 21 heavy (non-hydrogen) atoms. The molecule has 5 nitrogen and oxygen atoms in total. The molecule has 0 radical (unpaired) electrons. The Hall–Kier alpha value is -2.08. The van der Waals surface area contributed by atoms with Crippen LogP contribution in [-0.2, 0) is 6.42 Å². The fraction of sp³-hybridized carbons (Fsp3) is 0.333. The fourth-order valence-electron chi connectivity index (χ4n) is 1.79. The van der Waals surface area contributed by atoms with E-state index in [2.05, 4.69) is 29.5 Å². The normalized spacial score (nSPS) is 10.6. The first kappa shape index (κ1) is 15.3. The SMILES string of the molecule is CC(C)c1cnc(NC(=O)NCCc2ccccc2O)s1. The van der Waals surface area contributed by atoms with Gasteiger partial charge >= 0.3 is 6.03 Å². The number of amides is 2. The van der Waals surface area contributed by atoms with E-state index >= 15 is 0 Å². The standard InChI is InChI=1S/C15H19N3O2S/c1-10(2)13-9-17-15(21-13)18-14(20)16-8-7-11-5-3-4-6-12(11)19/h3-6,9-10,19H,7-8H2,1-2H3,(H2,16,17,18,20). The Kier molecular flexibility index (Phi) is 5.16. The van der Waals surface area contributed by atoms with E-state index in [0.29, 0.717) is 24.0 Å². The van der Waals surface area contributed by atoms with Gasteiger partial charge in [-0.25, -0.2) is 9.78 Å². The van der Waals surface area contributed by atoms with Crippen LogP contribution < -0.4 is 10.6 Å². The van der Waals surface area contributed by atoms with Crippen molar-refractivity contribution in [3.8, 4) is 5.75 Å². The summed E-state index contributed by atoms with van der Waals surface area (Å²) in [5.41, 5.74) is 0.814. The number of para-hydroxylation sites is 1. The monoisotopic (exact) mass is 305 g/mol. The molecule has 0 bridgehead atoms. The van der Waals surface area contributed by atoms with Crippen molar-refractivity contribution in [3.05, 3.63) is 40.9 Å². The van der Waals surface area contributed by atoms with Crippen molar-refractivity contribution < 1.29 is 9.90 Å². The van der Waals surface area contributed by atoms with Crippen LogP contribution in [0.1, 0.15) is 30.2 Å². The molecular formula is C15H19N3O2S. The summed E-state index contributed by atoms with van der Waals surface area (Å²) in [6, 6.07) is 6.82. The zero-order valence-corrected chi connectivity index (χ0v) is 12.9. The van der Waals surface area contributed by atoms with Gasteiger partial charge in [0.05, 0.1) is 0 Å². The van der Waals surface area contributed by atoms with Crippen LogP contribution in [0.5, 0.6) is 5.75 Å². The second kappa shape index (κ2) is 7.08. The number of aromatic hydroxyl groups is 1. The Morgan fingerprint density at radius 1 is 1.38 bits per heavy atom. The van der Waals surface area contributed by atoms with Crippen LogP contribution in [0.3, 0.4) is 0 Å². The van der Waals surface area contributed by atoms with Crippen LogP contribution in [0.15, 0.2) is 30.5 Å². The number of hydrogen-bond acceptors (Lipinski definition) is 4.